The van der Waals surface area contributed by atoms with E-state index in [0.29, 0.717) is 17.1 Å². The molecule has 1 saturated carbocycles. The van der Waals surface area contributed by atoms with Crippen molar-refractivity contribution in [3.05, 3.63) is 30.0 Å². The molecule has 2 aromatic rings. The second-order valence-electron chi connectivity index (χ2n) is 5.02. The van der Waals surface area contributed by atoms with E-state index in [-0.39, 0.29) is 11.7 Å². The average molecular weight is 257 g/mol. The third-order valence-electron chi connectivity index (χ3n) is 3.57. The summed E-state index contributed by atoms with van der Waals surface area (Å²) in [6, 6.07) is 7.71. The summed E-state index contributed by atoms with van der Waals surface area (Å²) in [4.78, 5) is 11.3. The van der Waals surface area contributed by atoms with Crippen LogP contribution < -0.4 is 5.32 Å². The minimum atomic E-state index is -1.05. The summed E-state index contributed by atoms with van der Waals surface area (Å²) >= 11 is 0. The number of aromatic carboxylic acids is 1. The lowest BCUT2D eigenvalue weighted by atomic mass is 10.1. The van der Waals surface area contributed by atoms with Gasteiger partial charge in [-0.2, -0.15) is 0 Å². The molecule has 1 atom stereocenters. The lowest BCUT2D eigenvalue weighted by Crippen LogP contribution is -2.20. The van der Waals surface area contributed by atoms with Crippen molar-refractivity contribution in [1.29, 1.82) is 0 Å². The van der Waals surface area contributed by atoms with Gasteiger partial charge in [0.15, 0.2) is 5.69 Å². The first-order valence-corrected chi connectivity index (χ1v) is 6.42. The molecule has 2 N–H and O–H groups in total. The van der Waals surface area contributed by atoms with E-state index >= 15 is 0 Å². The Kier molecular flexibility index (Phi) is 2.81. The van der Waals surface area contributed by atoms with Crippen LogP contribution in [0.2, 0.25) is 0 Å². The van der Waals surface area contributed by atoms with E-state index in [9.17, 15) is 9.90 Å². The van der Waals surface area contributed by atoms with Crippen LogP contribution in [0, 0.1) is 5.92 Å². The van der Waals surface area contributed by atoms with Crippen molar-refractivity contribution in [1.82, 2.24) is 10.2 Å². The predicted octanol–water partition coefficient (Wildman–Crippen LogP) is 2.54. The molecule has 1 aromatic carbocycles. The van der Waals surface area contributed by atoms with Gasteiger partial charge in [0.25, 0.3) is 0 Å². The van der Waals surface area contributed by atoms with Gasteiger partial charge in [0.05, 0.1) is 11.2 Å². The van der Waals surface area contributed by atoms with Gasteiger partial charge in [-0.05, 0) is 31.7 Å². The molecule has 1 aliphatic rings. The highest BCUT2D eigenvalue weighted by molar-refractivity contribution is 6.02. The molecule has 5 heteroatoms. The maximum Gasteiger partial charge on any atom is 0.358 e. The number of aromatic nitrogens is 2. The third kappa shape index (κ3) is 2.23. The molecule has 0 spiro atoms. The SMILES string of the molecule is CC(Nc1c(C(=O)O)nnc2ccccc12)C1CC1. The first-order chi connectivity index (χ1) is 9.16. The number of carboxylic acids is 1. The largest absolute Gasteiger partial charge is 0.476 e. The van der Waals surface area contributed by atoms with Crippen molar-refractivity contribution < 1.29 is 9.90 Å². The molecule has 1 unspecified atom stereocenters. The molecule has 0 aliphatic heterocycles. The minimum Gasteiger partial charge on any atom is -0.476 e. The number of nitrogens with zero attached hydrogens (tertiary/aromatic N) is 2. The molecule has 19 heavy (non-hydrogen) atoms. The summed E-state index contributed by atoms with van der Waals surface area (Å²) in [6.07, 6.45) is 2.40. The number of carboxylic acid groups (broad SMARTS) is 1. The quantitative estimate of drug-likeness (QED) is 0.880. The summed E-state index contributed by atoms with van der Waals surface area (Å²) in [7, 11) is 0. The fourth-order valence-electron chi connectivity index (χ4n) is 2.29. The Labute approximate surface area is 110 Å². The van der Waals surface area contributed by atoms with Gasteiger partial charge in [0.2, 0.25) is 0 Å². The van der Waals surface area contributed by atoms with Gasteiger partial charge >= 0.3 is 5.97 Å². The van der Waals surface area contributed by atoms with Gasteiger partial charge in [0, 0.05) is 11.4 Å². The maximum atomic E-state index is 11.3. The molecule has 5 nitrogen and oxygen atoms in total. The van der Waals surface area contributed by atoms with E-state index in [0.717, 1.165) is 5.39 Å². The topological polar surface area (TPSA) is 75.1 Å². The number of carbonyl (C=O) groups is 1. The fraction of sp³-hybridized carbons (Fsp3) is 0.357. The Morgan fingerprint density at radius 2 is 2.11 bits per heavy atom. The Hall–Kier alpha value is -2.17. The van der Waals surface area contributed by atoms with Gasteiger partial charge in [-0.1, -0.05) is 18.2 Å². The average Bonchev–Trinajstić information content (AvgIpc) is 3.23. The molecule has 3 rings (SSSR count). The molecule has 0 bridgehead atoms. The number of rotatable bonds is 4. The van der Waals surface area contributed by atoms with Crippen LogP contribution in [0.1, 0.15) is 30.3 Å². The smallest absolute Gasteiger partial charge is 0.358 e. The number of nitrogens with one attached hydrogen (secondary N) is 1. The molecule has 98 valence electrons. The van der Waals surface area contributed by atoms with Gasteiger partial charge in [-0.3, -0.25) is 0 Å². The molecular formula is C14H15N3O2. The molecule has 0 radical (unpaired) electrons. The molecule has 0 saturated heterocycles. The first kappa shape index (κ1) is 11.9. The van der Waals surface area contributed by atoms with E-state index in [1.807, 2.05) is 24.3 Å². The second kappa shape index (κ2) is 4.50. The van der Waals surface area contributed by atoms with Gasteiger partial charge in [-0.15, -0.1) is 10.2 Å². The zero-order valence-corrected chi connectivity index (χ0v) is 10.6. The Balaban J connectivity index is 2.10. The van der Waals surface area contributed by atoms with Crippen molar-refractivity contribution in [2.75, 3.05) is 5.32 Å². The van der Waals surface area contributed by atoms with E-state index in [2.05, 4.69) is 22.4 Å². The van der Waals surface area contributed by atoms with Crippen molar-refractivity contribution in [3.8, 4) is 0 Å². The molecule has 1 fully saturated rings. The molecule has 1 heterocycles. The van der Waals surface area contributed by atoms with Crippen molar-refractivity contribution in [2.24, 2.45) is 5.92 Å². The standard InChI is InChI=1S/C14H15N3O2/c1-8(9-6-7-9)15-12-10-4-2-3-5-11(10)16-17-13(12)14(18)19/h2-5,8-9H,6-7H2,1H3,(H,15,16)(H,18,19). The lowest BCUT2D eigenvalue weighted by molar-refractivity contribution is 0.0690. The van der Waals surface area contributed by atoms with Crippen LogP contribution in [0.5, 0.6) is 0 Å². The second-order valence-corrected chi connectivity index (χ2v) is 5.02. The van der Waals surface area contributed by atoms with Crippen molar-refractivity contribution in [2.45, 2.75) is 25.8 Å². The number of anilines is 1. The monoisotopic (exact) mass is 257 g/mol. The molecule has 1 aliphatic carbocycles. The van der Waals surface area contributed by atoms with Crippen molar-refractivity contribution in [3.63, 3.8) is 0 Å². The highest BCUT2D eigenvalue weighted by Crippen LogP contribution is 2.35. The highest BCUT2D eigenvalue weighted by Gasteiger charge is 2.29. The zero-order chi connectivity index (χ0) is 13.4. The van der Waals surface area contributed by atoms with E-state index < -0.39 is 5.97 Å². The van der Waals surface area contributed by atoms with E-state index in [1.165, 1.54) is 12.8 Å². The predicted molar refractivity (Wildman–Crippen MR) is 72.3 cm³/mol. The Morgan fingerprint density at radius 3 is 2.79 bits per heavy atom. The van der Waals surface area contributed by atoms with E-state index in [1.54, 1.807) is 0 Å². The Bertz CT molecular complexity index is 638. The number of hydrogen-bond acceptors (Lipinski definition) is 4. The highest BCUT2D eigenvalue weighted by atomic mass is 16.4. The van der Waals surface area contributed by atoms with Crippen LogP contribution >= 0.6 is 0 Å². The minimum absolute atomic E-state index is 0.00815. The number of benzene rings is 1. The zero-order valence-electron chi connectivity index (χ0n) is 10.6. The molecule has 0 amide bonds. The van der Waals surface area contributed by atoms with Crippen LogP contribution in [-0.4, -0.2) is 27.3 Å². The van der Waals surface area contributed by atoms with Crippen LogP contribution in [-0.2, 0) is 0 Å². The summed E-state index contributed by atoms with van der Waals surface area (Å²) in [6.45, 7) is 2.08. The number of fused-ring (bicyclic) bond motifs is 1. The van der Waals surface area contributed by atoms with Crippen LogP contribution in [0.3, 0.4) is 0 Å². The van der Waals surface area contributed by atoms with Gasteiger partial charge < -0.3 is 10.4 Å². The van der Waals surface area contributed by atoms with Crippen molar-refractivity contribution >= 4 is 22.6 Å². The van der Waals surface area contributed by atoms with Gasteiger partial charge in [0.1, 0.15) is 0 Å². The maximum absolute atomic E-state index is 11.3. The van der Waals surface area contributed by atoms with Crippen LogP contribution in [0.15, 0.2) is 24.3 Å². The normalized spacial score (nSPS) is 16.3. The third-order valence-corrected chi connectivity index (χ3v) is 3.57. The van der Waals surface area contributed by atoms with Gasteiger partial charge in [-0.25, -0.2) is 4.79 Å². The summed E-state index contributed by atoms with van der Waals surface area (Å²) in [5.74, 6) is -0.419. The summed E-state index contributed by atoms with van der Waals surface area (Å²) in [5, 5.41) is 21.2. The Morgan fingerprint density at radius 1 is 1.37 bits per heavy atom. The van der Waals surface area contributed by atoms with Crippen LogP contribution in [0.25, 0.3) is 10.9 Å². The lowest BCUT2D eigenvalue weighted by Gasteiger charge is -2.17. The first-order valence-electron chi connectivity index (χ1n) is 6.42. The summed E-state index contributed by atoms with van der Waals surface area (Å²) in [5.41, 5.74) is 1.28. The fourth-order valence-corrected chi connectivity index (χ4v) is 2.29. The number of hydrogen-bond donors (Lipinski definition) is 2. The molecule has 1 aromatic heterocycles. The van der Waals surface area contributed by atoms with E-state index in [4.69, 9.17) is 0 Å². The van der Waals surface area contributed by atoms with Crippen LogP contribution in [0.4, 0.5) is 5.69 Å². The summed E-state index contributed by atoms with van der Waals surface area (Å²) < 4.78 is 0. The molecular weight excluding hydrogens is 242 g/mol.